The molecule has 0 saturated carbocycles. The van der Waals surface area contributed by atoms with Crippen LogP contribution >= 0.6 is 17.0 Å². The molecule has 4 aromatic rings. The molecule has 4 aromatic carbocycles. The van der Waals surface area contributed by atoms with Gasteiger partial charge in [-0.05, 0) is 5.56 Å². The number of benzene rings is 2. The largest absolute Gasteiger partial charge is 0.214 e. The first kappa shape index (κ1) is 25.6. The summed E-state index contributed by atoms with van der Waals surface area (Å²) in [6, 6.07) is 32.2. The Morgan fingerprint density at radius 2 is 1.40 bits per heavy atom. The molecule has 4 rings (SSSR count). The van der Waals surface area contributed by atoms with Crippen LogP contribution in [0.1, 0.15) is 0 Å². The summed E-state index contributed by atoms with van der Waals surface area (Å²) in [4.78, 5) is 0. The van der Waals surface area contributed by atoms with Crippen molar-refractivity contribution >= 4 is 46.5 Å². The molecule has 0 radical (unpaired) electrons. The second-order valence-corrected chi connectivity index (χ2v) is 36.4. The van der Waals surface area contributed by atoms with Gasteiger partial charge in [-0.15, -0.1) is 29.0 Å². The molecule has 0 bridgehead atoms. The number of rotatable bonds is 2. The van der Waals surface area contributed by atoms with Gasteiger partial charge in [-0.2, -0.15) is 30.3 Å². The van der Waals surface area contributed by atoms with Gasteiger partial charge in [0.2, 0.25) is 0 Å². The molecule has 0 aliphatic rings. The van der Waals surface area contributed by atoms with E-state index in [-0.39, 0.29) is 5.43 Å². The normalized spacial score (nSPS) is 10.5. The molecule has 0 aliphatic carbocycles. The first-order valence-electron chi connectivity index (χ1n) is 10.1. The van der Waals surface area contributed by atoms with E-state index in [1.165, 1.54) is 27.1 Å². The van der Waals surface area contributed by atoms with Crippen molar-refractivity contribution in [2.45, 2.75) is 32.7 Å². The van der Waals surface area contributed by atoms with Gasteiger partial charge in [-0.1, -0.05) is 60.7 Å². The Balaban J connectivity index is 0.000000239. The van der Waals surface area contributed by atoms with Crippen LogP contribution in [0.4, 0.5) is 0 Å². The molecule has 0 unspecified atom stereocenters. The zero-order chi connectivity index (χ0) is 22.1. The molecule has 0 saturated heterocycles. The van der Waals surface area contributed by atoms with Crippen LogP contribution in [0.25, 0.3) is 21.9 Å². The molecule has 0 amide bonds. The van der Waals surface area contributed by atoms with Crippen molar-refractivity contribution in [2.24, 2.45) is 0 Å². The monoisotopic (exact) mass is 546 g/mol. The zero-order valence-electron chi connectivity index (χ0n) is 18.4. The molecule has 158 valence electrons. The van der Waals surface area contributed by atoms with Gasteiger partial charge < -0.3 is 0 Å². The molecule has 0 heterocycles. The van der Waals surface area contributed by atoms with E-state index in [1.54, 1.807) is 0 Å². The van der Waals surface area contributed by atoms with Crippen LogP contribution in [0.15, 0.2) is 91.0 Å². The van der Waals surface area contributed by atoms with E-state index in [4.69, 9.17) is 17.0 Å². The number of halogens is 2. The predicted molar refractivity (Wildman–Crippen MR) is 139 cm³/mol. The van der Waals surface area contributed by atoms with Crippen LogP contribution in [0, 0.1) is 0 Å². The van der Waals surface area contributed by atoms with E-state index < -0.39 is 26.1 Å². The third-order valence-electron chi connectivity index (χ3n) is 4.67. The van der Waals surface area contributed by atoms with E-state index in [1.807, 2.05) is 30.3 Å². The van der Waals surface area contributed by atoms with Crippen molar-refractivity contribution in [3.8, 4) is 11.1 Å². The number of fused-ring (bicyclic) bond motifs is 1. The van der Waals surface area contributed by atoms with Crippen molar-refractivity contribution in [3.05, 3.63) is 91.0 Å². The molecule has 0 atom stereocenters. The average Bonchev–Trinajstić information content (AvgIpc) is 3.42. The van der Waals surface area contributed by atoms with Crippen LogP contribution in [0.5, 0.6) is 0 Å². The Morgan fingerprint density at radius 1 is 0.800 bits per heavy atom. The Morgan fingerprint density at radius 3 is 1.87 bits per heavy atom. The number of hydrogen-bond acceptors (Lipinski definition) is 0. The van der Waals surface area contributed by atoms with E-state index >= 15 is 0 Å². The second-order valence-electron chi connectivity index (χ2n) is 8.38. The Bertz CT molecular complexity index is 1020. The van der Waals surface area contributed by atoms with E-state index in [0.717, 1.165) is 0 Å². The summed E-state index contributed by atoms with van der Waals surface area (Å²) in [5.41, 5.74) is 2.43. The van der Waals surface area contributed by atoms with Gasteiger partial charge in [0.25, 0.3) is 0 Å². The molecule has 0 nitrogen and oxygen atoms in total. The Kier molecular flexibility index (Phi) is 10.5. The van der Waals surface area contributed by atoms with Gasteiger partial charge in [0, 0.05) is 0 Å². The minimum atomic E-state index is -1.65. The van der Waals surface area contributed by atoms with E-state index in [0.29, 0.717) is 0 Å². The molecule has 0 N–H and O–H groups in total. The fraction of sp³-hybridized carbons (Fsp3) is 0.200. The maximum absolute atomic E-state index is 5.62. The topological polar surface area (TPSA) is 0 Å². The Labute approximate surface area is 197 Å². The van der Waals surface area contributed by atoms with Crippen molar-refractivity contribution in [3.63, 3.8) is 0 Å². The van der Waals surface area contributed by atoms with Crippen LogP contribution in [0.2, 0.25) is 32.7 Å². The van der Waals surface area contributed by atoms with E-state index in [2.05, 4.69) is 93.4 Å². The molecule has 5 heteroatoms. The molecule has 0 spiro atoms. The second kappa shape index (κ2) is 12.4. The predicted octanol–water partition coefficient (Wildman–Crippen LogP) is 8.34. The summed E-state index contributed by atoms with van der Waals surface area (Å²) in [6.07, 6.45) is 0. The van der Waals surface area contributed by atoms with Gasteiger partial charge in [-0.25, -0.2) is 12.1 Å². The summed E-state index contributed by atoms with van der Waals surface area (Å²) in [5.74, 6) is 0. The minimum Gasteiger partial charge on any atom is -0.214 e. The third-order valence-corrected chi connectivity index (χ3v) is 26.5. The van der Waals surface area contributed by atoms with Crippen LogP contribution < -0.4 is 5.19 Å². The quantitative estimate of drug-likeness (QED) is 0.174. The van der Waals surface area contributed by atoms with Gasteiger partial charge in [-0.3, -0.25) is 0 Å². The fourth-order valence-electron chi connectivity index (χ4n) is 2.88. The SMILES string of the molecule is C[Si](C)(C)c1ccc(-c2cccc3[cH-]ccc23)cc1.C[Si](C)=[Zr]([Cl])[Cl].c1cc[cH-]c1. The minimum absolute atomic E-state index is 0.224. The van der Waals surface area contributed by atoms with Gasteiger partial charge in [0.05, 0.1) is 8.07 Å². The molecular weight excluding hydrogens is 519 g/mol. The van der Waals surface area contributed by atoms with Gasteiger partial charge in [0.15, 0.2) is 0 Å². The van der Waals surface area contributed by atoms with Gasteiger partial charge >= 0.3 is 53.5 Å². The van der Waals surface area contributed by atoms with Crippen molar-refractivity contribution < 1.29 is 18.0 Å². The van der Waals surface area contributed by atoms with E-state index in [9.17, 15) is 0 Å². The summed E-state index contributed by atoms with van der Waals surface area (Å²) in [5, 5.41) is 4.20. The van der Waals surface area contributed by atoms with Crippen molar-refractivity contribution in [1.82, 2.24) is 0 Å². The summed E-state index contributed by atoms with van der Waals surface area (Å²) in [6.45, 7) is 11.5. The van der Waals surface area contributed by atoms with Crippen molar-refractivity contribution in [2.75, 3.05) is 0 Å². The average molecular weight is 549 g/mol. The standard InChI is InChI=1S/C18H19Si.C5H5.C2H6Si.2ClH.Zr/c1-19(2,3)16-12-10-15(11-13-16)18-9-5-7-14-6-4-8-17(14)18;1-2-4-5-3-1;1-3-2;;;/h4-13H,1-3H3;1-5H;1-2H3;2*1H;/q2*-1;;;;+2/p-2. The Hall–Kier alpha value is -0.703. The van der Waals surface area contributed by atoms with Crippen LogP contribution in [-0.4, -0.2) is 13.5 Å². The van der Waals surface area contributed by atoms with Gasteiger partial charge in [0.1, 0.15) is 0 Å². The molecule has 30 heavy (non-hydrogen) atoms. The maximum atomic E-state index is 5.62. The maximum Gasteiger partial charge on any atom is -0.172 e. The molecule has 0 aliphatic heterocycles. The van der Waals surface area contributed by atoms with Crippen LogP contribution in [0.3, 0.4) is 0 Å². The fourth-order valence-corrected chi connectivity index (χ4v) is 4.05. The van der Waals surface area contributed by atoms with Crippen molar-refractivity contribution in [1.29, 1.82) is 0 Å². The summed E-state index contributed by atoms with van der Waals surface area (Å²) in [7, 11) is 10.0. The number of hydrogen-bond donors (Lipinski definition) is 0. The molecular formula is C25H30Cl2Si2Zr-2. The third kappa shape index (κ3) is 8.09. The summed E-state index contributed by atoms with van der Waals surface area (Å²) >= 11 is -1.65. The molecule has 0 aromatic heterocycles. The first-order chi connectivity index (χ1) is 14.2. The smallest absolute Gasteiger partial charge is 0.172 e. The zero-order valence-corrected chi connectivity index (χ0v) is 24.4. The molecule has 0 fully saturated rings. The summed E-state index contributed by atoms with van der Waals surface area (Å²) < 4.78 is 0. The van der Waals surface area contributed by atoms with Crippen LogP contribution in [-0.2, 0) is 18.0 Å². The first-order valence-corrected chi connectivity index (χ1v) is 26.1.